The summed E-state index contributed by atoms with van der Waals surface area (Å²) in [5.74, 6) is 0.0742. The number of amides is 1. The summed E-state index contributed by atoms with van der Waals surface area (Å²) in [5.41, 5.74) is 1.92. The number of hydrogen-bond donors (Lipinski definition) is 1. The predicted octanol–water partition coefficient (Wildman–Crippen LogP) is 4.65. The van der Waals surface area contributed by atoms with Crippen LogP contribution in [0.15, 0.2) is 42.0 Å². The molecule has 3 rings (SSSR count). The van der Waals surface area contributed by atoms with E-state index in [2.05, 4.69) is 6.92 Å². The molecule has 0 saturated carbocycles. The molecule has 1 amide bonds. The van der Waals surface area contributed by atoms with Crippen LogP contribution in [0.2, 0.25) is 0 Å². The Morgan fingerprint density at radius 3 is 2.31 bits per heavy atom. The first-order chi connectivity index (χ1) is 17.4. The van der Waals surface area contributed by atoms with Crippen molar-refractivity contribution in [2.45, 2.75) is 39.2 Å². The van der Waals surface area contributed by atoms with Crippen molar-refractivity contribution in [3.8, 4) is 17.2 Å². The van der Waals surface area contributed by atoms with Gasteiger partial charge in [0.05, 0.1) is 32.4 Å². The molecule has 2 aromatic carbocycles. The predicted molar refractivity (Wildman–Crippen MR) is 137 cm³/mol. The maximum absolute atomic E-state index is 13.2. The van der Waals surface area contributed by atoms with E-state index in [1.807, 2.05) is 6.92 Å². The number of ether oxygens (including phenoxy) is 4. The smallest absolute Gasteiger partial charge is 0.295 e. The number of Topliss-reactive ketones (excluding diaryl/α,β-unsaturated/α-hetero) is 1. The highest BCUT2D eigenvalue weighted by molar-refractivity contribution is 6.46. The molecule has 1 saturated heterocycles. The highest BCUT2D eigenvalue weighted by atomic mass is 16.5. The molecule has 0 radical (unpaired) electrons. The average molecular weight is 498 g/mol. The van der Waals surface area contributed by atoms with Crippen LogP contribution in [0.1, 0.15) is 48.9 Å². The zero-order valence-corrected chi connectivity index (χ0v) is 21.6. The van der Waals surface area contributed by atoms with Crippen molar-refractivity contribution in [2.24, 2.45) is 0 Å². The largest absolute Gasteiger partial charge is 0.507 e. The molecular weight excluding hydrogens is 462 g/mol. The van der Waals surface area contributed by atoms with Crippen molar-refractivity contribution in [3.63, 3.8) is 0 Å². The first-order valence-corrected chi connectivity index (χ1v) is 12.1. The molecule has 36 heavy (non-hydrogen) atoms. The summed E-state index contributed by atoms with van der Waals surface area (Å²) in [7, 11) is 4.63. The van der Waals surface area contributed by atoms with E-state index in [1.165, 1.54) is 19.1 Å². The normalized spacial score (nSPS) is 16.9. The number of aliphatic hydroxyl groups is 1. The Morgan fingerprint density at radius 2 is 1.67 bits per heavy atom. The Labute approximate surface area is 212 Å². The lowest BCUT2D eigenvalue weighted by molar-refractivity contribution is -0.140. The molecule has 1 aliphatic heterocycles. The van der Waals surface area contributed by atoms with Crippen LogP contribution >= 0.6 is 0 Å². The molecule has 1 aliphatic rings. The number of likely N-dealkylation sites (tertiary alicyclic amines) is 1. The Kier molecular flexibility index (Phi) is 9.36. The summed E-state index contributed by atoms with van der Waals surface area (Å²) >= 11 is 0. The Balaban J connectivity index is 2.09. The first kappa shape index (κ1) is 27.1. The van der Waals surface area contributed by atoms with Gasteiger partial charge in [-0.2, -0.15) is 0 Å². The summed E-state index contributed by atoms with van der Waals surface area (Å²) in [6.45, 7) is 5.30. The van der Waals surface area contributed by atoms with Crippen LogP contribution in [0.25, 0.3) is 5.76 Å². The topological polar surface area (TPSA) is 94.5 Å². The fraction of sp³-hybridized carbons (Fsp3) is 0.429. The molecule has 8 heteroatoms. The zero-order valence-electron chi connectivity index (χ0n) is 21.6. The summed E-state index contributed by atoms with van der Waals surface area (Å²) in [4.78, 5) is 27.8. The van der Waals surface area contributed by atoms with Gasteiger partial charge in [-0.25, -0.2) is 0 Å². The standard InChI is InChI=1S/C28H35NO7/c1-6-7-15-36-21-11-10-20(16-18(21)2)26(30)24-25(19-9-12-22(34-4)23(17-19)35-5)29(13-8-14-33-3)28(32)27(24)31/h9-12,16-17,25,30H,6-8,13-15H2,1-5H3/b26-24+/t25-/m1/s1. The molecule has 1 atom stereocenters. The van der Waals surface area contributed by atoms with Crippen molar-refractivity contribution >= 4 is 17.4 Å². The summed E-state index contributed by atoms with van der Waals surface area (Å²) < 4.78 is 21.8. The van der Waals surface area contributed by atoms with E-state index < -0.39 is 17.7 Å². The van der Waals surface area contributed by atoms with Crippen LogP contribution < -0.4 is 14.2 Å². The average Bonchev–Trinajstić information content (AvgIpc) is 3.14. The quantitative estimate of drug-likeness (QED) is 0.197. The van der Waals surface area contributed by atoms with Gasteiger partial charge in [0.15, 0.2) is 11.5 Å². The number of methoxy groups -OCH3 is 3. The molecule has 2 aromatic rings. The minimum absolute atomic E-state index is 0.0312. The minimum atomic E-state index is -0.789. The van der Waals surface area contributed by atoms with Gasteiger partial charge in [-0.1, -0.05) is 19.4 Å². The molecule has 0 aromatic heterocycles. The number of aliphatic hydroxyl groups excluding tert-OH is 1. The highest BCUT2D eigenvalue weighted by Crippen LogP contribution is 2.42. The number of benzene rings is 2. The van der Waals surface area contributed by atoms with E-state index in [9.17, 15) is 14.7 Å². The van der Waals surface area contributed by atoms with E-state index in [4.69, 9.17) is 18.9 Å². The molecule has 0 spiro atoms. The van der Waals surface area contributed by atoms with E-state index in [1.54, 1.807) is 43.5 Å². The lowest BCUT2D eigenvalue weighted by atomic mass is 9.94. The Hall–Kier alpha value is -3.52. The Morgan fingerprint density at radius 1 is 0.944 bits per heavy atom. The van der Waals surface area contributed by atoms with Crippen LogP contribution in [0.4, 0.5) is 0 Å². The van der Waals surface area contributed by atoms with Gasteiger partial charge in [-0.3, -0.25) is 9.59 Å². The maximum Gasteiger partial charge on any atom is 0.295 e. The SMILES string of the molecule is CCCCOc1ccc(/C(O)=C2\C(=O)C(=O)N(CCCOC)[C@@H]2c2ccc(OC)c(OC)c2)cc1C. The third-order valence-corrected chi connectivity index (χ3v) is 6.21. The second kappa shape index (κ2) is 12.4. The fourth-order valence-electron chi connectivity index (χ4n) is 4.30. The van der Waals surface area contributed by atoms with E-state index in [-0.39, 0.29) is 17.9 Å². The van der Waals surface area contributed by atoms with Crippen molar-refractivity contribution < 1.29 is 33.6 Å². The van der Waals surface area contributed by atoms with E-state index in [0.29, 0.717) is 42.3 Å². The third kappa shape index (κ3) is 5.65. The lowest BCUT2D eigenvalue weighted by Crippen LogP contribution is -2.31. The number of nitrogens with zero attached hydrogens (tertiary/aromatic N) is 1. The fourth-order valence-corrected chi connectivity index (χ4v) is 4.30. The van der Waals surface area contributed by atoms with Gasteiger partial charge in [-0.15, -0.1) is 0 Å². The van der Waals surface area contributed by atoms with Gasteiger partial charge < -0.3 is 29.0 Å². The van der Waals surface area contributed by atoms with Crippen molar-refractivity contribution in [1.29, 1.82) is 0 Å². The molecular formula is C28H35NO7. The molecule has 194 valence electrons. The van der Waals surface area contributed by atoms with Gasteiger partial charge in [-0.05, 0) is 61.2 Å². The minimum Gasteiger partial charge on any atom is -0.507 e. The van der Waals surface area contributed by atoms with Crippen LogP contribution in [0, 0.1) is 6.92 Å². The lowest BCUT2D eigenvalue weighted by Gasteiger charge is -2.26. The number of ketones is 1. The van der Waals surface area contributed by atoms with Crippen LogP contribution in [-0.2, 0) is 14.3 Å². The van der Waals surface area contributed by atoms with Gasteiger partial charge >= 0.3 is 0 Å². The molecule has 8 nitrogen and oxygen atoms in total. The van der Waals surface area contributed by atoms with Crippen LogP contribution in [0.3, 0.4) is 0 Å². The number of carbonyl (C=O) groups excluding carboxylic acids is 2. The number of unbranched alkanes of at least 4 members (excludes halogenated alkanes) is 1. The van der Waals surface area contributed by atoms with Crippen LogP contribution in [0.5, 0.6) is 17.2 Å². The second-order valence-electron chi connectivity index (χ2n) is 8.64. The molecule has 0 aliphatic carbocycles. The number of hydrogen-bond acceptors (Lipinski definition) is 7. The van der Waals surface area contributed by atoms with Gasteiger partial charge in [0, 0.05) is 25.8 Å². The molecule has 1 N–H and O–H groups in total. The van der Waals surface area contributed by atoms with Gasteiger partial charge in [0.25, 0.3) is 11.7 Å². The van der Waals surface area contributed by atoms with Gasteiger partial charge in [0.1, 0.15) is 11.5 Å². The molecule has 1 fully saturated rings. The van der Waals surface area contributed by atoms with Crippen molar-refractivity contribution in [2.75, 3.05) is 41.1 Å². The molecule has 1 heterocycles. The molecule has 0 bridgehead atoms. The van der Waals surface area contributed by atoms with Gasteiger partial charge in [0.2, 0.25) is 0 Å². The van der Waals surface area contributed by atoms with E-state index in [0.717, 1.165) is 24.2 Å². The number of aryl methyl sites for hydroxylation is 1. The Bertz CT molecular complexity index is 1120. The zero-order chi connectivity index (χ0) is 26.2. The second-order valence-corrected chi connectivity index (χ2v) is 8.64. The van der Waals surface area contributed by atoms with Crippen molar-refractivity contribution in [3.05, 3.63) is 58.7 Å². The summed E-state index contributed by atoms with van der Waals surface area (Å²) in [5, 5.41) is 11.3. The van der Waals surface area contributed by atoms with Crippen LogP contribution in [-0.4, -0.2) is 62.8 Å². The monoisotopic (exact) mass is 497 g/mol. The van der Waals surface area contributed by atoms with Crippen molar-refractivity contribution in [1.82, 2.24) is 4.90 Å². The maximum atomic E-state index is 13.2. The highest BCUT2D eigenvalue weighted by Gasteiger charge is 2.46. The summed E-state index contributed by atoms with van der Waals surface area (Å²) in [6, 6.07) is 9.67. The first-order valence-electron chi connectivity index (χ1n) is 12.1. The summed E-state index contributed by atoms with van der Waals surface area (Å²) in [6.07, 6.45) is 2.51. The third-order valence-electron chi connectivity index (χ3n) is 6.21. The number of carbonyl (C=O) groups is 2. The van der Waals surface area contributed by atoms with E-state index >= 15 is 0 Å². The number of rotatable bonds is 12. The molecule has 0 unspecified atom stereocenters.